The Morgan fingerprint density at radius 1 is 1.59 bits per heavy atom. The molecule has 92 valence electrons. The predicted octanol–water partition coefficient (Wildman–Crippen LogP) is 1.63. The van der Waals surface area contributed by atoms with Crippen molar-refractivity contribution in [3.05, 3.63) is 24.3 Å². The van der Waals surface area contributed by atoms with Crippen LogP contribution < -0.4 is 15.4 Å². The number of hydrogen-bond donors (Lipinski definition) is 2. The van der Waals surface area contributed by atoms with Gasteiger partial charge < -0.3 is 15.4 Å². The fraction of sp³-hybridized carbons (Fsp3) is 0.462. The normalized spacial score (nSPS) is 19.0. The van der Waals surface area contributed by atoms with Crippen molar-refractivity contribution in [2.75, 3.05) is 25.0 Å². The van der Waals surface area contributed by atoms with E-state index in [1.165, 1.54) is 13.3 Å². The van der Waals surface area contributed by atoms with Gasteiger partial charge in [-0.15, -0.1) is 0 Å². The monoisotopic (exact) mass is 234 g/mol. The zero-order valence-corrected chi connectivity index (χ0v) is 10.0. The van der Waals surface area contributed by atoms with Crippen LogP contribution in [0.2, 0.25) is 0 Å². The molecule has 1 aliphatic heterocycles. The maximum absolute atomic E-state index is 10.9. The predicted molar refractivity (Wildman–Crippen MR) is 67.2 cm³/mol. The molecule has 4 nitrogen and oxygen atoms in total. The summed E-state index contributed by atoms with van der Waals surface area (Å²) in [5.41, 5.74) is 0.777. The van der Waals surface area contributed by atoms with Crippen LogP contribution in [-0.2, 0) is 4.79 Å². The molecule has 1 fully saturated rings. The number of ether oxygens (including phenoxy) is 1. The Bertz CT molecular complexity index is 387. The standard InChI is InChI=1S/C13H18N2O2/c1-10(16)15-12-3-2-4-13(7-12)17-9-11-5-6-14-8-11/h2-4,7,11,14H,5-6,8-9H2,1H3,(H,15,16)/t11-/m0/s1. The number of benzene rings is 1. The van der Waals surface area contributed by atoms with Crippen molar-refractivity contribution >= 4 is 11.6 Å². The van der Waals surface area contributed by atoms with Gasteiger partial charge in [0.25, 0.3) is 0 Å². The second-order valence-corrected chi connectivity index (χ2v) is 4.38. The van der Waals surface area contributed by atoms with Crippen LogP contribution in [0.4, 0.5) is 5.69 Å². The Balaban J connectivity index is 1.88. The van der Waals surface area contributed by atoms with E-state index in [9.17, 15) is 4.79 Å². The van der Waals surface area contributed by atoms with Crippen molar-refractivity contribution in [2.24, 2.45) is 5.92 Å². The minimum absolute atomic E-state index is 0.0675. The first-order chi connectivity index (χ1) is 8.24. The number of hydrogen-bond acceptors (Lipinski definition) is 3. The Kier molecular flexibility index (Phi) is 3.98. The second-order valence-electron chi connectivity index (χ2n) is 4.38. The maximum Gasteiger partial charge on any atom is 0.221 e. The van der Waals surface area contributed by atoms with Gasteiger partial charge in [-0.3, -0.25) is 4.79 Å². The molecule has 2 rings (SSSR count). The molecule has 1 aromatic carbocycles. The summed E-state index contributed by atoms with van der Waals surface area (Å²) in [5, 5.41) is 6.05. The van der Waals surface area contributed by atoms with Crippen molar-refractivity contribution in [2.45, 2.75) is 13.3 Å². The van der Waals surface area contributed by atoms with Crippen LogP contribution in [0.3, 0.4) is 0 Å². The van der Waals surface area contributed by atoms with Gasteiger partial charge in [0, 0.05) is 31.1 Å². The van der Waals surface area contributed by atoms with E-state index in [0.29, 0.717) is 5.92 Å². The van der Waals surface area contributed by atoms with Crippen LogP contribution in [-0.4, -0.2) is 25.6 Å². The highest BCUT2D eigenvalue weighted by molar-refractivity contribution is 5.88. The minimum atomic E-state index is -0.0675. The van der Waals surface area contributed by atoms with E-state index in [-0.39, 0.29) is 5.91 Å². The average molecular weight is 234 g/mol. The third-order valence-electron chi connectivity index (χ3n) is 2.80. The molecule has 1 saturated heterocycles. The first-order valence-electron chi connectivity index (χ1n) is 5.95. The van der Waals surface area contributed by atoms with Crippen molar-refractivity contribution in [3.63, 3.8) is 0 Å². The molecule has 17 heavy (non-hydrogen) atoms. The molecule has 0 spiro atoms. The minimum Gasteiger partial charge on any atom is -0.493 e. The molecule has 4 heteroatoms. The van der Waals surface area contributed by atoms with Gasteiger partial charge in [-0.1, -0.05) is 6.07 Å². The van der Waals surface area contributed by atoms with Gasteiger partial charge in [0.2, 0.25) is 5.91 Å². The molecule has 0 bridgehead atoms. The van der Waals surface area contributed by atoms with E-state index >= 15 is 0 Å². The fourth-order valence-electron chi connectivity index (χ4n) is 1.94. The molecule has 0 aromatic heterocycles. The summed E-state index contributed by atoms with van der Waals surface area (Å²) in [7, 11) is 0. The van der Waals surface area contributed by atoms with E-state index < -0.39 is 0 Å². The quantitative estimate of drug-likeness (QED) is 0.832. The Morgan fingerprint density at radius 2 is 2.47 bits per heavy atom. The van der Waals surface area contributed by atoms with Gasteiger partial charge in [0.1, 0.15) is 5.75 Å². The van der Waals surface area contributed by atoms with Crippen LogP contribution in [0, 0.1) is 5.92 Å². The lowest BCUT2D eigenvalue weighted by Crippen LogP contribution is -2.15. The molecular weight excluding hydrogens is 216 g/mol. The third-order valence-corrected chi connectivity index (χ3v) is 2.80. The molecule has 0 unspecified atom stereocenters. The fourth-order valence-corrected chi connectivity index (χ4v) is 1.94. The van der Waals surface area contributed by atoms with E-state index in [1.54, 1.807) is 0 Å². The Labute approximate surface area is 101 Å². The molecule has 1 aliphatic rings. The van der Waals surface area contributed by atoms with Crippen LogP contribution in [0.15, 0.2) is 24.3 Å². The molecule has 2 N–H and O–H groups in total. The highest BCUT2D eigenvalue weighted by Crippen LogP contribution is 2.19. The summed E-state index contributed by atoms with van der Waals surface area (Å²) < 4.78 is 5.72. The lowest BCUT2D eigenvalue weighted by Gasteiger charge is -2.11. The highest BCUT2D eigenvalue weighted by atomic mass is 16.5. The average Bonchev–Trinajstić information content (AvgIpc) is 2.79. The van der Waals surface area contributed by atoms with Crippen molar-refractivity contribution in [1.29, 1.82) is 0 Å². The second kappa shape index (κ2) is 5.68. The van der Waals surface area contributed by atoms with Crippen molar-refractivity contribution < 1.29 is 9.53 Å². The lowest BCUT2D eigenvalue weighted by atomic mass is 10.1. The number of carbonyl (C=O) groups excluding carboxylic acids is 1. The van der Waals surface area contributed by atoms with Gasteiger partial charge in [0.15, 0.2) is 0 Å². The number of anilines is 1. The zero-order chi connectivity index (χ0) is 12.1. The summed E-state index contributed by atoms with van der Waals surface area (Å²) in [5.74, 6) is 1.34. The molecule has 0 radical (unpaired) electrons. The molecule has 1 aromatic rings. The first-order valence-corrected chi connectivity index (χ1v) is 5.95. The van der Waals surface area contributed by atoms with Gasteiger partial charge in [-0.2, -0.15) is 0 Å². The SMILES string of the molecule is CC(=O)Nc1cccc(OC[C@H]2CCNC2)c1. The first kappa shape index (κ1) is 11.9. The summed E-state index contributed by atoms with van der Waals surface area (Å²) in [4.78, 5) is 10.9. The van der Waals surface area contributed by atoms with Crippen LogP contribution in [0.25, 0.3) is 0 Å². The summed E-state index contributed by atoms with van der Waals surface area (Å²) in [6.45, 7) is 4.35. The van der Waals surface area contributed by atoms with E-state index in [0.717, 1.165) is 31.1 Å². The molecule has 1 amide bonds. The number of nitrogens with one attached hydrogen (secondary N) is 2. The number of rotatable bonds is 4. The topological polar surface area (TPSA) is 50.4 Å². The number of carbonyl (C=O) groups is 1. The summed E-state index contributed by atoms with van der Waals surface area (Å²) >= 11 is 0. The number of amides is 1. The van der Waals surface area contributed by atoms with Gasteiger partial charge in [-0.05, 0) is 25.1 Å². The third kappa shape index (κ3) is 3.75. The Hall–Kier alpha value is -1.55. The van der Waals surface area contributed by atoms with Gasteiger partial charge in [0.05, 0.1) is 6.61 Å². The van der Waals surface area contributed by atoms with Crippen LogP contribution >= 0.6 is 0 Å². The molecule has 1 atom stereocenters. The molecule has 1 heterocycles. The largest absolute Gasteiger partial charge is 0.493 e. The summed E-state index contributed by atoms with van der Waals surface area (Å²) in [6.07, 6.45) is 1.17. The van der Waals surface area contributed by atoms with Crippen molar-refractivity contribution in [1.82, 2.24) is 5.32 Å². The van der Waals surface area contributed by atoms with E-state index in [4.69, 9.17) is 4.74 Å². The zero-order valence-electron chi connectivity index (χ0n) is 10.0. The molecule has 0 aliphatic carbocycles. The van der Waals surface area contributed by atoms with E-state index in [2.05, 4.69) is 10.6 Å². The Morgan fingerprint density at radius 3 is 3.18 bits per heavy atom. The molecule has 0 saturated carbocycles. The molecular formula is C13H18N2O2. The maximum atomic E-state index is 10.9. The lowest BCUT2D eigenvalue weighted by molar-refractivity contribution is -0.114. The van der Waals surface area contributed by atoms with Crippen molar-refractivity contribution in [3.8, 4) is 5.75 Å². The smallest absolute Gasteiger partial charge is 0.221 e. The van der Waals surface area contributed by atoms with Crippen LogP contribution in [0.1, 0.15) is 13.3 Å². The van der Waals surface area contributed by atoms with Gasteiger partial charge in [-0.25, -0.2) is 0 Å². The van der Waals surface area contributed by atoms with E-state index in [1.807, 2.05) is 24.3 Å². The highest BCUT2D eigenvalue weighted by Gasteiger charge is 2.14. The van der Waals surface area contributed by atoms with Gasteiger partial charge >= 0.3 is 0 Å². The summed E-state index contributed by atoms with van der Waals surface area (Å²) in [6, 6.07) is 7.50. The van der Waals surface area contributed by atoms with Crippen LogP contribution in [0.5, 0.6) is 5.75 Å².